The molecule has 4 heteroatoms. The highest BCUT2D eigenvalue weighted by atomic mass is 32.1. The first-order chi connectivity index (χ1) is 10.2. The molecular formula is C17H24N2OS. The van der Waals surface area contributed by atoms with Gasteiger partial charge in [-0.05, 0) is 18.9 Å². The number of thiazole rings is 1. The molecule has 0 amide bonds. The lowest BCUT2D eigenvalue weighted by Gasteiger charge is -2.13. The van der Waals surface area contributed by atoms with E-state index in [4.69, 9.17) is 4.74 Å². The summed E-state index contributed by atoms with van der Waals surface area (Å²) >= 11 is 1.72. The maximum atomic E-state index is 5.95. The van der Waals surface area contributed by atoms with Gasteiger partial charge in [0.25, 0.3) is 0 Å². The van der Waals surface area contributed by atoms with Crippen molar-refractivity contribution in [3.8, 4) is 5.75 Å². The van der Waals surface area contributed by atoms with Gasteiger partial charge in [0.1, 0.15) is 12.4 Å². The third kappa shape index (κ3) is 5.14. The summed E-state index contributed by atoms with van der Waals surface area (Å²) in [5, 5.41) is 6.72. The van der Waals surface area contributed by atoms with E-state index in [2.05, 4.69) is 42.5 Å². The van der Waals surface area contributed by atoms with E-state index in [1.165, 1.54) is 10.6 Å². The highest BCUT2D eigenvalue weighted by Crippen LogP contribution is 2.20. The Morgan fingerprint density at radius 1 is 1.29 bits per heavy atom. The Kier molecular flexibility index (Phi) is 6.21. The summed E-state index contributed by atoms with van der Waals surface area (Å²) in [7, 11) is 0. The maximum Gasteiger partial charge on any atom is 0.131 e. The molecule has 114 valence electrons. The third-order valence-corrected chi connectivity index (χ3v) is 4.07. The minimum Gasteiger partial charge on any atom is -0.487 e. The first-order valence-corrected chi connectivity index (χ1v) is 8.44. The highest BCUT2D eigenvalue weighted by molar-refractivity contribution is 7.09. The zero-order chi connectivity index (χ0) is 15.1. The van der Waals surface area contributed by atoms with Gasteiger partial charge >= 0.3 is 0 Å². The van der Waals surface area contributed by atoms with Gasteiger partial charge in [0, 0.05) is 23.5 Å². The van der Waals surface area contributed by atoms with E-state index in [9.17, 15) is 0 Å². The molecule has 0 unspecified atom stereocenters. The zero-order valence-electron chi connectivity index (χ0n) is 13.1. The van der Waals surface area contributed by atoms with E-state index in [1.807, 2.05) is 18.2 Å². The minimum atomic E-state index is 0.466. The van der Waals surface area contributed by atoms with Crippen LogP contribution in [0.25, 0.3) is 0 Å². The van der Waals surface area contributed by atoms with Crippen LogP contribution in [0.1, 0.15) is 43.5 Å². The lowest BCUT2D eigenvalue weighted by Crippen LogP contribution is -2.22. The van der Waals surface area contributed by atoms with E-state index in [-0.39, 0.29) is 0 Å². The smallest absolute Gasteiger partial charge is 0.131 e. The fourth-order valence-corrected chi connectivity index (χ4v) is 2.89. The van der Waals surface area contributed by atoms with Crippen LogP contribution in [0.3, 0.4) is 0 Å². The Morgan fingerprint density at radius 2 is 2.10 bits per heavy atom. The average molecular weight is 304 g/mol. The van der Waals surface area contributed by atoms with Crippen LogP contribution in [-0.4, -0.2) is 11.0 Å². The van der Waals surface area contributed by atoms with Gasteiger partial charge in [0.15, 0.2) is 0 Å². The molecule has 0 aliphatic rings. The van der Waals surface area contributed by atoms with E-state index in [1.54, 1.807) is 11.3 Å². The molecular weight excluding hydrogens is 280 g/mol. The first kappa shape index (κ1) is 16.0. The second-order valence-electron chi connectivity index (χ2n) is 5.41. The van der Waals surface area contributed by atoms with Crippen molar-refractivity contribution in [2.45, 2.75) is 52.8 Å². The zero-order valence-corrected chi connectivity index (χ0v) is 13.9. The van der Waals surface area contributed by atoms with Gasteiger partial charge in [-0.15, -0.1) is 11.3 Å². The summed E-state index contributed by atoms with van der Waals surface area (Å²) in [6, 6.07) is 8.66. The van der Waals surface area contributed by atoms with Crippen molar-refractivity contribution in [3.63, 3.8) is 0 Å². The Bertz CT molecular complexity index is 551. The molecule has 0 saturated heterocycles. The Hall–Kier alpha value is -1.39. The molecule has 2 rings (SSSR count). The standard InChI is InChI=1S/C17H24N2OS/c1-4-7-17-19-15(12-21-17)11-20-16-9-6-5-8-14(16)10-18-13(2)3/h5-6,8-9,12-13,18H,4,7,10-11H2,1-3H3. The molecule has 3 nitrogen and oxygen atoms in total. The molecule has 0 aliphatic heterocycles. The van der Waals surface area contributed by atoms with Crippen LogP contribution in [-0.2, 0) is 19.6 Å². The molecule has 1 aromatic carbocycles. The number of hydrogen-bond donors (Lipinski definition) is 1. The minimum absolute atomic E-state index is 0.466. The molecule has 1 aromatic heterocycles. The summed E-state index contributed by atoms with van der Waals surface area (Å²) in [6.07, 6.45) is 2.19. The number of nitrogens with zero attached hydrogens (tertiary/aromatic N) is 1. The lowest BCUT2D eigenvalue weighted by atomic mass is 10.2. The summed E-state index contributed by atoms with van der Waals surface area (Å²) in [5.41, 5.74) is 2.21. The molecule has 0 saturated carbocycles. The van der Waals surface area contributed by atoms with E-state index in [0.717, 1.165) is 30.8 Å². The molecule has 0 spiro atoms. The van der Waals surface area contributed by atoms with E-state index >= 15 is 0 Å². The normalized spacial score (nSPS) is 11.0. The number of ether oxygens (including phenoxy) is 1. The summed E-state index contributed by atoms with van der Waals surface area (Å²) < 4.78 is 5.95. The fourth-order valence-electron chi connectivity index (χ4n) is 2.00. The lowest BCUT2D eigenvalue weighted by molar-refractivity contribution is 0.297. The van der Waals surface area contributed by atoms with Gasteiger partial charge in [-0.25, -0.2) is 4.98 Å². The largest absolute Gasteiger partial charge is 0.487 e. The number of nitrogens with one attached hydrogen (secondary N) is 1. The first-order valence-electron chi connectivity index (χ1n) is 7.56. The van der Waals surface area contributed by atoms with Crippen LogP contribution in [0.4, 0.5) is 0 Å². The topological polar surface area (TPSA) is 34.1 Å². The van der Waals surface area contributed by atoms with E-state index < -0.39 is 0 Å². The van der Waals surface area contributed by atoms with Crippen molar-refractivity contribution in [1.82, 2.24) is 10.3 Å². The van der Waals surface area contributed by atoms with Gasteiger partial charge in [-0.3, -0.25) is 0 Å². The molecule has 0 bridgehead atoms. The Morgan fingerprint density at radius 3 is 2.86 bits per heavy atom. The molecule has 0 atom stereocenters. The predicted octanol–water partition coefficient (Wildman–Crippen LogP) is 4.17. The monoisotopic (exact) mass is 304 g/mol. The quantitative estimate of drug-likeness (QED) is 0.794. The number of hydrogen-bond acceptors (Lipinski definition) is 4. The highest BCUT2D eigenvalue weighted by Gasteiger charge is 2.06. The van der Waals surface area contributed by atoms with Crippen molar-refractivity contribution in [1.29, 1.82) is 0 Å². The van der Waals surface area contributed by atoms with Crippen molar-refractivity contribution in [2.24, 2.45) is 0 Å². The van der Waals surface area contributed by atoms with Gasteiger partial charge in [0.05, 0.1) is 10.7 Å². The molecule has 0 fully saturated rings. The molecule has 1 N–H and O–H groups in total. The predicted molar refractivity (Wildman–Crippen MR) is 88.9 cm³/mol. The van der Waals surface area contributed by atoms with Crippen LogP contribution in [0.2, 0.25) is 0 Å². The number of rotatable bonds is 8. The van der Waals surface area contributed by atoms with Crippen LogP contribution in [0.5, 0.6) is 5.75 Å². The van der Waals surface area contributed by atoms with Crippen LogP contribution in [0, 0.1) is 0 Å². The van der Waals surface area contributed by atoms with Crippen LogP contribution < -0.4 is 10.1 Å². The number of aromatic nitrogens is 1. The molecule has 1 heterocycles. The van der Waals surface area contributed by atoms with Gasteiger partial charge < -0.3 is 10.1 Å². The van der Waals surface area contributed by atoms with Crippen LogP contribution in [0.15, 0.2) is 29.6 Å². The maximum absolute atomic E-state index is 5.95. The summed E-state index contributed by atoms with van der Waals surface area (Å²) in [5.74, 6) is 0.940. The van der Waals surface area contributed by atoms with Crippen molar-refractivity contribution < 1.29 is 4.74 Å². The van der Waals surface area contributed by atoms with Gasteiger partial charge in [-0.2, -0.15) is 0 Å². The second kappa shape index (κ2) is 8.15. The van der Waals surface area contributed by atoms with Gasteiger partial charge in [-0.1, -0.05) is 39.0 Å². The number of para-hydroxylation sites is 1. The van der Waals surface area contributed by atoms with Gasteiger partial charge in [0.2, 0.25) is 0 Å². The SMILES string of the molecule is CCCc1nc(COc2ccccc2CNC(C)C)cs1. The molecule has 0 aliphatic carbocycles. The van der Waals surface area contributed by atoms with Crippen molar-refractivity contribution in [2.75, 3.05) is 0 Å². The van der Waals surface area contributed by atoms with Crippen LogP contribution >= 0.6 is 11.3 Å². The summed E-state index contributed by atoms with van der Waals surface area (Å²) in [4.78, 5) is 4.60. The van der Waals surface area contributed by atoms with E-state index in [0.29, 0.717) is 12.6 Å². The summed E-state index contributed by atoms with van der Waals surface area (Å²) in [6.45, 7) is 7.84. The number of benzene rings is 1. The molecule has 21 heavy (non-hydrogen) atoms. The molecule has 0 radical (unpaired) electrons. The molecule has 2 aromatic rings. The number of aryl methyl sites for hydroxylation is 1. The Labute approximate surface area is 131 Å². The second-order valence-corrected chi connectivity index (χ2v) is 6.36. The average Bonchev–Trinajstić information content (AvgIpc) is 2.92. The van der Waals surface area contributed by atoms with Crippen molar-refractivity contribution >= 4 is 11.3 Å². The third-order valence-electron chi connectivity index (χ3n) is 3.11. The Balaban J connectivity index is 1.95. The van der Waals surface area contributed by atoms with Crippen molar-refractivity contribution in [3.05, 3.63) is 45.9 Å². The fraction of sp³-hybridized carbons (Fsp3) is 0.471.